The minimum absolute atomic E-state index is 0.0169. The van der Waals surface area contributed by atoms with Gasteiger partial charge in [-0.1, -0.05) is 22.0 Å². The third kappa shape index (κ3) is 3.51. The summed E-state index contributed by atoms with van der Waals surface area (Å²) in [4.78, 5) is 11.7. The second-order valence-electron chi connectivity index (χ2n) is 3.52. The first kappa shape index (κ1) is 12.0. The molecule has 2 nitrogen and oxygen atoms in total. The van der Waals surface area contributed by atoms with E-state index >= 15 is 0 Å². The molecule has 0 radical (unpaired) electrons. The molecule has 0 aliphatic carbocycles. The van der Waals surface area contributed by atoms with Crippen LogP contribution in [0.4, 0.5) is 0 Å². The molecule has 0 spiro atoms. The van der Waals surface area contributed by atoms with Crippen LogP contribution in [0.5, 0.6) is 0 Å². The molecule has 15 heavy (non-hydrogen) atoms. The maximum absolute atomic E-state index is 11.7. The van der Waals surface area contributed by atoms with Crippen LogP contribution in [0.2, 0.25) is 0 Å². The molecule has 1 rings (SSSR count). The van der Waals surface area contributed by atoms with Crippen molar-refractivity contribution in [1.29, 1.82) is 0 Å². The summed E-state index contributed by atoms with van der Waals surface area (Å²) >= 11 is 3.36. The number of carbonyl (C=O) groups excluding carboxylic acids is 1. The van der Waals surface area contributed by atoms with Crippen molar-refractivity contribution in [2.75, 3.05) is 0 Å². The molecule has 0 fully saturated rings. The van der Waals surface area contributed by atoms with Gasteiger partial charge in [0.1, 0.15) is 0 Å². The Bertz CT molecular complexity index is 367. The Morgan fingerprint density at radius 1 is 1.53 bits per heavy atom. The predicted octanol–water partition coefficient (Wildman–Crippen LogP) is 3.06. The van der Waals surface area contributed by atoms with Gasteiger partial charge in [-0.3, -0.25) is 4.79 Å². The van der Waals surface area contributed by atoms with Crippen molar-refractivity contribution >= 4 is 21.8 Å². The van der Waals surface area contributed by atoms with Crippen LogP contribution < -0.4 is 5.32 Å². The van der Waals surface area contributed by atoms with E-state index in [4.69, 9.17) is 0 Å². The maximum Gasteiger partial charge on any atom is 0.251 e. The molecule has 0 aliphatic rings. The number of amides is 1. The summed E-state index contributed by atoms with van der Waals surface area (Å²) in [5, 5.41) is 2.82. The Morgan fingerprint density at radius 2 is 2.20 bits per heavy atom. The number of rotatable bonds is 3. The molecule has 1 aromatic carbocycles. The molecular weight excluding hydrogens is 254 g/mol. The summed E-state index contributed by atoms with van der Waals surface area (Å²) in [6.07, 6.45) is 1.70. The van der Waals surface area contributed by atoms with E-state index in [0.29, 0.717) is 5.56 Å². The molecule has 80 valence electrons. The van der Waals surface area contributed by atoms with Crippen LogP contribution in [-0.2, 0) is 0 Å². The highest BCUT2D eigenvalue weighted by molar-refractivity contribution is 9.10. The van der Waals surface area contributed by atoms with E-state index in [-0.39, 0.29) is 11.9 Å². The minimum Gasteiger partial charge on any atom is -0.346 e. The van der Waals surface area contributed by atoms with E-state index in [1.165, 1.54) is 0 Å². The second-order valence-corrected chi connectivity index (χ2v) is 4.43. The van der Waals surface area contributed by atoms with Crippen LogP contribution in [0.15, 0.2) is 35.3 Å². The SMILES string of the molecule is C=CC(C)NC(=O)c1cc(C)cc(Br)c1. The van der Waals surface area contributed by atoms with Crippen LogP contribution in [0, 0.1) is 6.92 Å². The van der Waals surface area contributed by atoms with E-state index in [0.717, 1.165) is 10.0 Å². The predicted molar refractivity (Wildman–Crippen MR) is 66.0 cm³/mol. The average Bonchev–Trinajstić information content (AvgIpc) is 2.16. The number of hydrogen-bond acceptors (Lipinski definition) is 1. The highest BCUT2D eigenvalue weighted by Crippen LogP contribution is 2.15. The van der Waals surface area contributed by atoms with Gasteiger partial charge in [-0.25, -0.2) is 0 Å². The lowest BCUT2D eigenvalue weighted by Crippen LogP contribution is -2.30. The number of carbonyl (C=O) groups is 1. The van der Waals surface area contributed by atoms with Gasteiger partial charge in [-0.15, -0.1) is 6.58 Å². The lowest BCUT2D eigenvalue weighted by atomic mass is 10.1. The summed E-state index contributed by atoms with van der Waals surface area (Å²) in [6.45, 7) is 7.46. The van der Waals surface area contributed by atoms with E-state index in [1.807, 2.05) is 26.0 Å². The number of nitrogens with one attached hydrogen (secondary N) is 1. The molecule has 1 amide bonds. The van der Waals surface area contributed by atoms with E-state index < -0.39 is 0 Å². The first-order chi connectivity index (χ1) is 7.02. The van der Waals surface area contributed by atoms with Gasteiger partial charge in [-0.05, 0) is 37.6 Å². The van der Waals surface area contributed by atoms with Crippen molar-refractivity contribution < 1.29 is 4.79 Å². The quantitative estimate of drug-likeness (QED) is 0.839. The fourth-order valence-corrected chi connectivity index (χ4v) is 1.82. The van der Waals surface area contributed by atoms with Gasteiger partial charge < -0.3 is 5.32 Å². The molecule has 0 saturated carbocycles. The van der Waals surface area contributed by atoms with Crippen molar-refractivity contribution in [3.8, 4) is 0 Å². The Morgan fingerprint density at radius 3 is 2.73 bits per heavy atom. The third-order valence-electron chi connectivity index (χ3n) is 2.02. The molecule has 0 bridgehead atoms. The zero-order valence-corrected chi connectivity index (χ0v) is 10.5. The van der Waals surface area contributed by atoms with E-state index in [9.17, 15) is 4.79 Å². The highest BCUT2D eigenvalue weighted by atomic mass is 79.9. The molecule has 1 unspecified atom stereocenters. The van der Waals surface area contributed by atoms with E-state index in [1.54, 1.807) is 12.1 Å². The molecule has 0 saturated heterocycles. The highest BCUT2D eigenvalue weighted by Gasteiger charge is 2.08. The van der Waals surface area contributed by atoms with Crippen LogP contribution in [0.25, 0.3) is 0 Å². The van der Waals surface area contributed by atoms with Gasteiger partial charge in [0.2, 0.25) is 0 Å². The minimum atomic E-state index is -0.0770. The first-order valence-corrected chi connectivity index (χ1v) is 5.53. The maximum atomic E-state index is 11.7. The van der Waals surface area contributed by atoms with Gasteiger partial charge in [0, 0.05) is 16.1 Å². The zero-order chi connectivity index (χ0) is 11.4. The zero-order valence-electron chi connectivity index (χ0n) is 8.88. The van der Waals surface area contributed by atoms with Crippen molar-refractivity contribution in [3.63, 3.8) is 0 Å². The van der Waals surface area contributed by atoms with Crippen molar-refractivity contribution in [2.24, 2.45) is 0 Å². The van der Waals surface area contributed by atoms with Gasteiger partial charge in [0.15, 0.2) is 0 Å². The summed E-state index contributed by atoms with van der Waals surface area (Å²) < 4.78 is 0.916. The molecule has 3 heteroatoms. The van der Waals surface area contributed by atoms with Crippen LogP contribution >= 0.6 is 15.9 Å². The first-order valence-electron chi connectivity index (χ1n) is 4.73. The van der Waals surface area contributed by atoms with E-state index in [2.05, 4.69) is 27.8 Å². The van der Waals surface area contributed by atoms with Crippen LogP contribution in [0.3, 0.4) is 0 Å². The van der Waals surface area contributed by atoms with Crippen LogP contribution in [0.1, 0.15) is 22.8 Å². The summed E-state index contributed by atoms with van der Waals surface area (Å²) in [6, 6.07) is 5.61. The van der Waals surface area contributed by atoms with Crippen molar-refractivity contribution in [3.05, 3.63) is 46.5 Å². The molecular formula is C12H14BrNO. The number of hydrogen-bond donors (Lipinski definition) is 1. The summed E-state index contributed by atoms with van der Waals surface area (Å²) in [7, 11) is 0. The Balaban J connectivity index is 2.86. The summed E-state index contributed by atoms with van der Waals surface area (Å²) in [5.74, 6) is -0.0770. The third-order valence-corrected chi connectivity index (χ3v) is 2.47. The fourth-order valence-electron chi connectivity index (χ4n) is 1.22. The van der Waals surface area contributed by atoms with Gasteiger partial charge in [-0.2, -0.15) is 0 Å². The van der Waals surface area contributed by atoms with Crippen molar-refractivity contribution in [1.82, 2.24) is 5.32 Å². The second kappa shape index (κ2) is 5.12. The van der Waals surface area contributed by atoms with Crippen molar-refractivity contribution in [2.45, 2.75) is 19.9 Å². The Labute approximate surface area is 98.5 Å². The number of aryl methyl sites for hydroxylation is 1. The fraction of sp³-hybridized carbons (Fsp3) is 0.250. The lowest BCUT2D eigenvalue weighted by Gasteiger charge is -2.09. The molecule has 0 heterocycles. The van der Waals surface area contributed by atoms with Gasteiger partial charge >= 0.3 is 0 Å². The van der Waals surface area contributed by atoms with Crippen LogP contribution in [-0.4, -0.2) is 11.9 Å². The molecule has 1 N–H and O–H groups in total. The molecule has 1 aromatic rings. The smallest absolute Gasteiger partial charge is 0.251 e. The monoisotopic (exact) mass is 267 g/mol. The Hall–Kier alpha value is -1.09. The van der Waals surface area contributed by atoms with Gasteiger partial charge in [0.05, 0.1) is 0 Å². The number of benzene rings is 1. The molecule has 0 aliphatic heterocycles. The summed E-state index contributed by atoms with van der Waals surface area (Å²) in [5.41, 5.74) is 1.72. The van der Waals surface area contributed by atoms with Gasteiger partial charge in [0.25, 0.3) is 5.91 Å². The standard InChI is InChI=1S/C12H14BrNO/c1-4-9(3)14-12(15)10-5-8(2)6-11(13)7-10/h4-7,9H,1H2,2-3H3,(H,14,15). The normalized spacial score (nSPS) is 11.9. The Kier molecular flexibility index (Phi) is 4.09. The molecule has 1 atom stereocenters. The average molecular weight is 268 g/mol. The molecule has 0 aromatic heterocycles. The topological polar surface area (TPSA) is 29.1 Å². The lowest BCUT2D eigenvalue weighted by molar-refractivity contribution is 0.0947. The largest absolute Gasteiger partial charge is 0.346 e. The number of halogens is 1.